The lowest BCUT2D eigenvalue weighted by Gasteiger charge is -2.28. The second kappa shape index (κ2) is 9.71. The SMILES string of the molecule is CN(C)c1ccc(C(CNC(=O)C(=O)NCc2cccs2)N2CCCC2)cc1. The Morgan fingerprint density at radius 2 is 1.75 bits per heavy atom. The van der Waals surface area contributed by atoms with Gasteiger partial charge in [0.25, 0.3) is 0 Å². The maximum Gasteiger partial charge on any atom is 0.309 e. The minimum Gasteiger partial charge on any atom is -0.378 e. The molecule has 6 nitrogen and oxygen atoms in total. The molecule has 2 amide bonds. The summed E-state index contributed by atoms with van der Waals surface area (Å²) < 4.78 is 0. The van der Waals surface area contributed by atoms with E-state index >= 15 is 0 Å². The topological polar surface area (TPSA) is 64.7 Å². The van der Waals surface area contributed by atoms with Crippen molar-refractivity contribution in [3.63, 3.8) is 0 Å². The number of carbonyl (C=O) groups is 2. The van der Waals surface area contributed by atoms with E-state index in [2.05, 4.69) is 44.7 Å². The largest absolute Gasteiger partial charge is 0.378 e. The molecule has 1 aliphatic rings. The summed E-state index contributed by atoms with van der Waals surface area (Å²) in [5.74, 6) is -1.16. The van der Waals surface area contributed by atoms with Crippen molar-refractivity contribution in [2.24, 2.45) is 0 Å². The normalized spacial score (nSPS) is 15.2. The molecule has 0 bridgehead atoms. The zero-order valence-electron chi connectivity index (χ0n) is 16.5. The van der Waals surface area contributed by atoms with Gasteiger partial charge in [-0.15, -0.1) is 11.3 Å². The second-order valence-electron chi connectivity index (χ2n) is 7.22. The van der Waals surface area contributed by atoms with E-state index < -0.39 is 11.8 Å². The van der Waals surface area contributed by atoms with Crippen LogP contribution >= 0.6 is 11.3 Å². The fraction of sp³-hybridized carbons (Fsp3) is 0.429. The average molecular weight is 401 g/mol. The number of nitrogens with zero attached hydrogens (tertiary/aromatic N) is 2. The summed E-state index contributed by atoms with van der Waals surface area (Å²) in [5.41, 5.74) is 2.30. The van der Waals surface area contributed by atoms with Gasteiger partial charge in [0.2, 0.25) is 0 Å². The highest BCUT2D eigenvalue weighted by Gasteiger charge is 2.25. The number of carbonyl (C=O) groups excluding carboxylic acids is 2. The summed E-state index contributed by atoms with van der Waals surface area (Å²) in [6.45, 7) is 2.83. The van der Waals surface area contributed by atoms with Crippen LogP contribution in [-0.4, -0.2) is 50.4 Å². The number of benzene rings is 1. The van der Waals surface area contributed by atoms with E-state index in [0.29, 0.717) is 13.1 Å². The molecule has 1 saturated heterocycles. The number of nitrogens with one attached hydrogen (secondary N) is 2. The third-order valence-corrected chi connectivity index (χ3v) is 5.92. The molecule has 2 heterocycles. The highest BCUT2D eigenvalue weighted by Crippen LogP contribution is 2.26. The Labute approximate surface area is 170 Å². The third-order valence-electron chi connectivity index (χ3n) is 5.04. The van der Waals surface area contributed by atoms with Crippen molar-refractivity contribution in [2.75, 3.05) is 38.6 Å². The van der Waals surface area contributed by atoms with Crippen LogP contribution in [0.5, 0.6) is 0 Å². The van der Waals surface area contributed by atoms with Crippen molar-refractivity contribution < 1.29 is 9.59 Å². The van der Waals surface area contributed by atoms with E-state index in [-0.39, 0.29) is 6.04 Å². The third kappa shape index (κ3) is 5.33. The predicted octanol–water partition coefficient (Wildman–Crippen LogP) is 2.38. The first-order chi connectivity index (χ1) is 13.5. The lowest BCUT2D eigenvalue weighted by atomic mass is 10.0. The number of thiophene rings is 1. The molecule has 1 aliphatic heterocycles. The molecule has 0 saturated carbocycles. The summed E-state index contributed by atoms with van der Waals surface area (Å²) >= 11 is 1.56. The number of hydrogen-bond acceptors (Lipinski definition) is 5. The van der Waals surface area contributed by atoms with Gasteiger partial charge in [-0.3, -0.25) is 14.5 Å². The van der Waals surface area contributed by atoms with Gasteiger partial charge in [0, 0.05) is 31.2 Å². The van der Waals surface area contributed by atoms with Crippen LogP contribution in [0.3, 0.4) is 0 Å². The van der Waals surface area contributed by atoms with Crippen LogP contribution in [-0.2, 0) is 16.1 Å². The van der Waals surface area contributed by atoms with E-state index in [1.165, 1.54) is 12.8 Å². The smallest absolute Gasteiger partial charge is 0.309 e. The van der Waals surface area contributed by atoms with Crippen LogP contribution in [0.2, 0.25) is 0 Å². The van der Waals surface area contributed by atoms with Gasteiger partial charge in [-0.25, -0.2) is 0 Å². The van der Waals surface area contributed by atoms with Crippen molar-refractivity contribution in [1.82, 2.24) is 15.5 Å². The molecule has 0 radical (unpaired) electrons. The van der Waals surface area contributed by atoms with Crippen molar-refractivity contribution >= 4 is 28.8 Å². The summed E-state index contributed by atoms with van der Waals surface area (Å²) in [6, 6.07) is 12.3. The van der Waals surface area contributed by atoms with Gasteiger partial charge < -0.3 is 15.5 Å². The minimum absolute atomic E-state index is 0.0766. The van der Waals surface area contributed by atoms with E-state index in [9.17, 15) is 9.59 Å². The molecule has 3 rings (SSSR count). The lowest BCUT2D eigenvalue weighted by molar-refractivity contribution is -0.139. The Morgan fingerprint density at radius 1 is 1.07 bits per heavy atom. The number of amides is 2. The van der Waals surface area contributed by atoms with Gasteiger partial charge in [0.15, 0.2) is 0 Å². The molecular weight excluding hydrogens is 372 g/mol. The van der Waals surface area contributed by atoms with Crippen molar-refractivity contribution in [3.8, 4) is 0 Å². The molecule has 1 atom stereocenters. The van der Waals surface area contributed by atoms with Crippen LogP contribution in [0.25, 0.3) is 0 Å². The second-order valence-corrected chi connectivity index (χ2v) is 8.25. The Balaban J connectivity index is 1.59. The van der Waals surface area contributed by atoms with Crippen LogP contribution in [0.1, 0.15) is 29.3 Å². The molecule has 2 N–H and O–H groups in total. The Morgan fingerprint density at radius 3 is 2.36 bits per heavy atom. The minimum atomic E-state index is -0.587. The predicted molar refractivity (Wildman–Crippen MR) is 113 cm³/mol. The molecule has 1 unspecified atom stereocenters. The van der Waals surface area contributed by atoms with Crippen LogP contribution < -0.4 is 15.5 Å². The standard InChI is InChI=1S/C21H28N4O2S/c1-24(2)17-9-7-16(8-10-17)19(25-11-3-4-12-25)15-23-21(27)20(26)22-14-18-6-5-13-28-18/h5-10,13,19H,3-4,11-12,14-15H2,1-2H3,(H,22,26)(H,23,27). The van der Waals surface area contributed by atoms with E-state index in [1.807, 2.05) is 31.6 Å². The highest BCUT2D eigenvalue weighted by molar-refractivity contribution is 7.09. The quantitative estimate of drug-likeness (QED) is 0.701. The van der Waals surface area contributed by atoms with Gasteiger partial charge in [0.1, 0.15) is 0 Å². The maximum absolute atomic E-state index is 12.3. The summed E-state index contributed by atoms with van der Waals surface area (Å²) in [4.78, 5) is 29.8. The molecule has 1 fully saturated rings. The van der Waals surface area contributed by atoms with Gasteiger partial charge in [0.05, 0.1) is 12.6 Å². The van der Waals surface area contributed by atoms with Crippen LogP contribution in [0.15, 0.2) is 41.8 Å². The van der Waals surface area contributed by atoms with Gasteiger partial charge >= 0.3 is 11.8 Å². The first kappa shape index (κ1) is 20.4. The Kier molecular flexibility index (Phi) is 7.06. The molecule has 28 heavy (non-hydrogen) atoms. The fourth-order valence-corrected chi connectivity index (χ4v) is 4.08. The van der Waals surface area contributed by atoms with Crippen molar-refractivity contribution in [2.45, 2.75) is 25.4 Å². The zero-order chi connectivity index (χ0) is 19.9. The monoisotopic (exact) mass is 400 g/mol. The van der Waals surface area contributed by atoms with Crippen LogP contribution in [0, 0.1) is 0 Å². The molecule has 1 aromatic carbocycles. The fourth-order valence-electron chi connectivity index (χ4n) is 3.44. The molecule has 2 aromatic rings. The molecule has 0 spiro atoms. The first-order valence-electron chi connectivity index (χ1n) is 9.64. The average Bonchev–Trinajstić information content (AvgIpc) is 3.40. The van der Waals surface area contributed by atoms with Gasteiger partial charge in [-0.05, 0) is 55.1 Å². The van der Waals surface area contributed by atoms with Gasteiger partial charge in [-0.1, -0.05) is 18.2 Å². The Hall–Kier alpha value is -2.38. The van der Waals surface area contributed by atoms with E-state index in [1.54, 1.807) is 11.3 Å². The van der Waals surface area contributed by atoms with Crippen molar-refractivity contribution in [3.05, 3.63) is 52.2 Å². The van der Waals surface area contributed by atoms with Crippen molar-refractivity contribution in [1.29, 1.82) is 0 Å². The van der Waals surface area contributed by atoms with E-state index in [0.717, 1.165) is 29.2 Å². The molecule has 7 heteroatoms. The number of rotatable bonds is 7. The molecule has 0 aliphatic carbocycles. The van der Waals surface area contributed by atoms with Gasteiger partial charge in [-0.2, -0.15) is 0 Å². The maximum atomic E-state index is 12.3. The zero-order valence-corrected chi connectivity index (χ0v) is 17.3. The van der Waals surface area contributed by atoms with Crippen LogP contribution in [0.4, 0.5) is 5.69 Å². The number of hydrogen-bond donors (Lipinski definition) is 2. The first-order valence-corrected chi connectivity index (χ1v) is 10.5. The van der Waals surface area contributed by atoms with E-state index in [4.69, 9.17) is 0 Å². The highest BCUT2D eigenvalue weighted by atomic mass is 32.1. The molecule has 1 aromatic heterocycles. The summed E-state index contributed by atoms with van der Waals surface area (Å²) in [6.07, 6.45) is 2.34. The number of likely N-dealkylation sites (tertiary alicyclic amines) is 1. The molecule has 150 valence electrons. The summed E-state index contributed by atoms with van der Waals surface area (Å²) in [5, 5.41) is 7.45. The summed E-state index contributed by atoms with van der Waals surface area (Å²) in [7, 11) is 4.03. The Bertz CT molecular complexity index is 768. The lowest BCUT2D eigenvalue weighted by Crippen LogP contribution is -2.43. The number of anilines is 1. The molecular formula is C21H28N4O2S.